The van der Waals surface area contributed by atoms with Gasteiger partial charge in [-0.3, -0.25) is 9.36 Å². The zero-order valence-electron chi connectivity index (χ0n) is 22.0. The largest absolute Gasteiger partial charge is 0.497 e. The molecule has 5 aromatic rings. The van der Waals surface area contributed by atoms with Crippen LogP contribution >= 0.6 is 11.3 Å². The second-order valence-corrected chi connectivity index (χ2v) is 10.3. The average molecular weight is 547 g/mol. The number of thiazole rings is 1. The smallest absolute Gasteiger partial charge is 0.338 e. The van der Waals surface area contributed by atoms with Crippen molar-refractivity contribution in [3.8, 4) is 5.75 Å². The normalized spacial score (nSPS) is 15.1. The van der Waals surface area contributed by atoms with Crippen LogP contribution in [0.1, 0.15) is 29.7 Å². The maximum atomic E-state index is 14.1. The summed E-state index contributed by atoms with van der Waals surface area (Å²) in [6.45, 7) is 1.96. The number of esters is 1. The lowest BCUT2D eigenvalue weighted by molar-refractivity contribution is -0.138. The molecule has 0 amide bonds. The highest BCUT2D eigenvalue weighted by atomic mass is 32.1. The van der Waals surface area contributed by atoms with Crippen LogP contribution in [0.3, 0.4) is 0 Å². The molecule has 0 saturated carbocycles. The average Bonchev–Trinajstić information content (AvgIpc) is 3.31. The van der Waals surface area contributed by atoms with Crippen LogP contribution in [-0.4, -0.2) is 24.3 Å². The molecule has 1 aliphatic heterocycles. The molecule has 4 aromatic carbocycles. The Morgan fingerprint density at radius 2 is 1.73 bits per heavy atom. The summed E-state index contributed by atoms with van der Waals surface area (Å²) in [5.41, 5.74) is 3.01. The minimum atomic E-state index is -0.754. The summed E-state index contributed by atoms with van der Waals surface area (Å²) in [4.78, 5) is 33.2. The van der Waals surface area contributed by atoms with Crippen LogP contribution in [0.5, 0.6) is 5.75 Å². The van der Waals surface area contributed by atoms with Crippen molar-refractivity contribution in [1.29, 1.82) is 0 Å². The van der Waals surface area contributed by atoms with Crippen LogP contribution < -0.4 is 19.6 Å². The van der Waals surface area contributed by atoms with Gasteiger partial charge in [-0.1, -0.05) is 96.3 Å². The van der Waals surface area contributed by atoms with Gasteiger partial charge in [0.1, 0.15) is 5.75 Å². The highest BCUT2D eigenvalue weighted by molar-refractivity contribution is 7.07. The number of hydrogen-bond acceptors (Lipinski definition) is 6. The fraction of sp³-hybridized carbons (Fsp3) is 0.121. The van der Waals surface area contributed by atoms with Crippen molar-refractivity contribution in [2.24, 2.45) is 4.99 Å². The number of nitrogens with zero attached hydrogens (tertiary/aromatic N) is 2. The maximum absolute atomic E-state index is 14.1. The molecule has 0 unspecified atom stereocenters. The van der Waals surface area contributed by atoms with Crippen molar-refractivity contribution in [2.45, 2.75) is 13.0 Å². The number of aromatic nitrogens is 1. The van der Waals surface area contributed by atoms with E-state index in [1.54, 1.807) is 18.6 Å². The van der Waals surface area contributed by atoms with Gasteiger partial charge in [0.05, 0.1) is 35.6 Å². The van der Waals surface area contributed by atoms with E-state index in [9.17, 15) is 9.59 Å². The van der Waals surface area contributed by atoms with Crippen LogP contribution in [0.2, 0.25) is 0 Å². The van der Waals surface area contributed by atoms with Gasteiger partial charge in [0.15, 0.2) is 4.80 Å². The molecule has 7 heteroatoms. The van der Waals surface area contributed by atoms with Crippen LogP contribution in [0, 0.1) is 0 Å². The summed E-state index contributed by atoms with van der Waals surface area (Å²) in [6, 6.07) is 30.3. The molecule has 0 spiro atoms. The first-order chi connectivity index (χ1) is 19.6. The highest BCUT2D eigenvalue weighted by Gasteiger charge is 2.35. The van der Waals surface area contributed by atoms with E-state index in [0.29, 0.717) is 26.4 Å². The van der Waals surface area contributed by atoms with Gasteiger partial charge in [0.25, 0.3) is 5.56 Å². The molecule has 0 fully saturated rings. The number of ether oxygens (including phenoxy) is 2. The van der Waals surface area contributed by atoms with Crippen molar-refractivity contribution >= 4 is 39.9 Å². The standard InChI is InChI=1S/C33H26N2O4S/c1-3-39-32(37)28-29(22-12-5-4-6-13-22)34-33-35(30(28)24-16-10-17-25(19-24)38-2)31(36)27(40-33)20-23-15-9-14-21-11-7-8-18-26(21)23/h4-20,30H,3H2,1-2H3/b27-20-/t30-/m0/s1. The minimum absolute atomic E-state index is 0.195. The van der Waals surface area contributed by atoms with Crippen LogP contribution in [0.4, 0.5) is 0 Å². The Bertz CT molecular complexity index is 1950. The Hall–Kier alpha value is -4.75. The molecule has 2 heterocycles. The molecule has 40 heavy (non-hydrogen) atoms. The van der Waals surface area contributed by atoms with E-state index < -0.39 is 12.0 Å². The van der Waals surface area contributed by atoms with E-state index in [2.05, 4.69) is 12.1 Å². The third kappa shape index (κ3) is 4.54. The number of methoxy groups -OCH3 is 1. The molecule has 0 saturated heterocycles. The van der Waals surface area contributed by atoms with Gasteiger partial charge in [0, 0.05) is 5.56 Å². The quantitative estimate of drug-likeness (QED) is 0.278. The Labute approximate surface area is 234 Å². The van der Waals surface area contributed by atoms with E-state index in [4.69, 9.17) is 14.5 Å². The Morgan fingerprint density at radius 3 is 2.52 bits per heavy atom. The lowest BCUT2D eigenvalue weighted by Gasteiger charge is -2.26. The number of benzene rings is 4. The maximum Gasteiger partial charge on any atom is 0.338 e. The van der Waals surface area contributed by atoms with Gasteiger partial charge in [-0.25, -0.2) is 9.79 Å². The van der Waals surface area contributed by atoms with Crippen molar-refractivity contribution in [3.63, 3.8) is 0 Å². The van der Waals surface area contributed by atoms with Gasteiger partial charge in [0.2, 0.25) is 0 Å². The number of hydrogen-bond donors (Lipinski definition) is 0. The van der Waals surface area contributed by atoms with Crippen LogP contribution in [0.15, 0.2) is 112 Å². The third-order valence-electron chi connectivity index (χ3n) is 6.89. The molecule has 0 N–H and O–H groups in total. The summed E-state index contributed by atoms with van der Waals surface area (Å²) in [5, 5.41) is 2.15. The topological polar surface area (TPSA) is 69.9 Å². The molecular weight excluding hydrogens is 520 g/mol. The van der Waals surface area contributed by atoms with Crippen molar-refractivity contribution in [2.75, 3.05) is 13.7 Å². The first kappa shape index (κ1) is 25.5. The molecule has 198 valence electrons. The Kier molecular flexibility index (Phi) is 6.88. The number of carbonyl (C=O) groups is 1. The van der Waals surface area contributed by atoms with E-state index in [-0.39, 0.29) is 12.2 Å². The second kappa shape index (κ2) is 10.8. The zero-order chi connectivity index (χ0) is 27.6. The van der Waals surface area contributed by atoms with E-state index in [1.807, 2.05) is 91.0 Å². The van der Waals surface area contributed by atoms with Crippen LogP contribution in [0.25, 0.3) is 22.5 Å². The summed E-state index contributed by atoms with van der Waals surface area (Å²) in [7, 11) is 1.59. The lowest BCUT2D eigenvalue weighted by atomic mass is 9.93. The molecular formula is C33H26N2O4S. The highest BCUT2D eigenvalue weighted by Crippen LogP contribution is 2.36. The van der Waals surface area contributed by atoms with Gasteiger partial charge in [-0.2, -0.15) is 0 Å². The van der Waals surface area contributed by atoms with E-state index in [0.717, 1.165) is 27.5 Å². The third-order valence-corrected chi connectivity index (χ3v) is 7.88. The number of rotatable bonds is 6. The Morgan fingerprint density at radius 1 is 0.975 bits per heavy atom. The van der Waals surface area contributed by atoms with E-state index >= 15 is 0 Å². The summed E-state index contributed by atoms with van der Waals surface area (Å²) in [6.07, 6.45) is 1.91. The summed E-state index contributed by atoms with van der Waals surface area (Å²) >= 11 is 1.31. The molecule has 6 nitrogen and oxygen atoms in total. The zero-order valence-corrected chi connectivity index (χ0v) is 22.9. The first-order valence-electron chi connectivity index (χ1n) is 13.0. The molecule has 1 aliphatic rings. The predicted octanol–water partition coefficient (Wildman–Crippen LogP) is 5.10. The van der Waals surface area contributed by atoms with Crippen molar-refractivity contribution < 1.29 is 14.3 Å². The lowest BCUT2D eigenvalue weighted by Crippen LogP contribution is -2.40. The molecule has 0 bridgehead atoms. The Balaban J connectivity index is 1.67. The number of fused-ring (bicyclic) bond motifs is 2. The summed E-state index contributed by atoms with van der Waals surface area (Å²) in [5.74, 6) is 0.109. The van der Waals surface area contributed by atoms with Crippen LogP contribution in [-0.2, 0) is 9.53 Å². The van der Waals surface area contributed by atoms with Crippen molar-refractivity contribution in [1.82, 2.24) is 4.57 Å². The molecule has 1 atom stereocenters. The molecule has 0 aliphatic carbocycles. The molecule has 1 aromatic heterocycles. The fourth-order valence-electron chi connectivity index (χ4n) is 5.08. The van der Waals surface area contributed by atoms with Gasteiger partial charge in [-0.05, 0) is 47.0 Å². The van der Waals surface area contributed by atoms with Gasteiger partial charge in [-0.15, -0.1) is 0 Å². The number of carbonyl (C=O) groups excluding carboxylic acids is 1. The monoisotopic (exact) mass is 546 g/mol. The SMILES string of the molecule is CCOC(=O)C1=C(c2ccccc2)N=c2s/c(=C\c3cccc4ccccc34)c(=O)n2[C@H]1c1cccc(OC)c1. The minimum Gasteiger partial charge on any atom is -0.497 e. The van der Waals surface area contributed by atoms with E-state index in [1.165, 1.54) is 11.3 Å². The van der Waals surface area contributed by atoms with Gasteiger partial charge >= 0.3 is 5.97 Å². The summed E-state index contributed by atoms with van der Waals surface area (Å²) < 4.78 is 13.2. The fourth-order valence-corrected chi connectivity index (χ4v) is 6.08. The molecule has 6 rings (SSSR count). The molecule has 0 radical (unpaired) electrons. The van der Waals surface area contributed by atoms with Crippen molar-refractivity contribution in [3.05, 3.63) is 139 Å². The van der Waals surface area contributed by atoms with Gasteiger partial charge < -0.3 is 9.47 Å². The first-order valence-corrected chi connectivity index (χ1v) is 13.8. The second-order valence-electron chi connectivity index (χ2n) is 9.28. The predicted molar refractivity (Wildman–Crippen MR) is 158 cm³/mol.